The first-order valence-corrected chi connectivity index (χ1v) is 9.58. The van der Waals surface area contributed by atoms with Crippen molar-refractivity contribution in [2.45, 2.75) is 6.92 Å². The second kappa shape index (κ2) is 8.90. The molecule has 0 radical (unpaired) electrons. The summed E-state index contributed by atoms with van der Waals surface area (Å²) in [5, 5.41) is 13.2. The van der Waals surface area contributed by atoms with E-state index in [0.29, 0.717) is 38.1 Å². The second-order valence-corrected chi connectivity index (χ2v) is 6.94. The molecule has 2 aromatic carbocycles. The third-order valence-electron chi connectivity index (χ3n) is 3.78. The molecule has 0 unspecified atom stereocenters. The van der Waals surface area contributed by atoms with Crippen LogP contribution >= 0.6 is 22.6 Å². The number of aromatic nitrogens is 2. The predicted molar refractivity (Wildman–Crippen MR) is 115 cm³/mol. The molecule has 9 nitrogen and oxygen atoms in total. The first-order chi connectivity index (χ1) is 13.9. The fourth-order valence-electron chi connectivity index (χ4n) is 2.58. The number of ether oxygens (including phenoxy) is 2. The Bertz CT molecular complexity index is 1210. The van der Waals surface area contributed by atoms with Gasteiger partial charge in [-0.3, -0.25) is 4.79 Å². The molecule has 0 spiro atoms. The Morgan fingerprint density at radius 1 is 1.28 bits per heavy atom. The topological polar surface area (TPSA) is 123 Å². The van der Waals surface area contributed by atoms with Gasteiger partial charge < -0.3 is 19.6 Å². The highest BCUT2D eigenvalue weighted by Crippen LogP contribution is 2.33. The van der Waals surface area contributed by atoms with Crippen molar-refractivity contribution in [3.8, 4) is 11.5 Å². The number of nitrogens with zero attached hydrogens (tertiary/aromatic N) is 2. The zero-order chi connectivity index (χ0) is 21.0. The Morgan fingerprint density at radius 2 is 2.03 bits per heavy atom. The Hall–Kier alpha value is -3.15. The van der Waals surface area contributed by atoms with Crippen molar-refractivity contribution in [2.75, 3.05) is 13.2 Å². The van der Waals surface area contributed by atoms with Gasteiger partial charge in [-0.05, 0) is 59.3 Å². The molecule has 150 valence electrons. The lowest BCUT2D eigenvalue weighted by Gasteiger charge is -2.13. The van der Waals surface area contributed by atoms with Crippen LogP contribution in [0, 0.1) is 3.57 Å². The molecule has 29 heavy (non-hydrogen) atoms. The smallest absolute Gasteiger partial charge is 0.349 e. The van der Waals surface area contributed by atoms with Crippen molar-refractivity contribution < 1.29 is 19.4 Å². The van der Waals surface area contributed by atoms with E-state index in [1.807, 2.05) is 22.6 Å². The maximum Gasteiger partial charge on any atom is 0.349 e. The number of carbonyl (C=O) groups is 1. The lowest BCUT2D eigenvalue weighted by Crippen LogP contribution is -2.32. The van der Waals surface area contributed by atoms with E-state index in [1.54, 1.807) is 43.3 Å². The highest BCUT2D eigenvalue weighted by atomic mass is 127. The molecule has 3 rings (SSSR count). The van der Waals surface area contributed by atoms with Crippen molar-refractivity contribution >= 4 is 45.7 Å². The van der Waals surface area contributed by atoms with E-state index >= 15 is 0 Å². The largest absolute Gasteiger partial charge is 0.490 e. The van der Waals surface area contributed by atoms with Crippen LogP contribution in [0.1, 0.15) is 12.5 Å². The first-order valence-electron chi connectivity index (χ1n) is 8.50. The second-order valence-electron chi connectivity index (χ2n) is 5.78. The van der Waals surface area contributed by atoms with Crippen molar-refractivity contribution in [3.05, 3.63) is 66.4 Å². The van der Waals surface area contributed by atoms with Crippen LogP contribution in [0.4, 0.5) is 0 Å². The zero-order valence-corrected chi connectivity index (χ0v) is 17.4. The number of fused-ring (bicyclic) bond motifs is 1. The predicted octanol–water partition coefficient (Wildman–Crippen LogP) is 2.04. The van der Waals surface area contributed by atoms with E-state index in [2.05, 4.69) is 10.1 Å². The van der Waals surface area contributed by atoms with Gasteiger partial charge in [-0.25, -0.2) is 9.59 Å². The van der Waals surface area contributed by atoms with Gasteiger partial charge in [0.1, 0.15) is 0 Å². The Balaban J connectivity index is 2.01. The fraction of sp³-hybridized carbons (Fsp3) is 0.158. The van der Waals surface area contributed by atoms with Crippen LogP contribution in [0.5, 0.6) is 11.5 Å². The standard InChI is InChI=1S/C19H16IN3O6/c1-2-28-15-8-11(7-13(20)17(15)29-10-16(24)25)9-21-23-18(26)12-5-3-4-6-14(12)22-19(23)27/h3-9H,2,10H2,1H3,(H,22,27)(H,24,25). The lowest BCUT2D eigenvalue weighted by atomic mass is 10.2. The maximum absolute atomic E-state index is 12.5. The number of hydrogen-bond acceptors (Lipinski definition) is 6. The minimum Gasteiger partial charge on any atom is -0.490 e. The van der Waals surface area contributed by atoms with E-state index in [0.717, 1.165) is 4.68 Å². The van der Waals surface area contributed by atoms with Gasteiger partial charge in [-0.1, -0.05) is 12.1 Å². The molecule has 0 saturated carbocycles. The summed E-state index contributed by atoms with van der Waals surface area (Å²) >= 11 is 1.98. The van der Waals surface area contributed by atoms with Crippen LogP contribution in [0.3, 0.4) is 0 Å². The summed E-state index contributed by atoms with van der Waals surface area (Å²) in [7, 11) is 0. The highest BCUT2D eigenvalue weighted by Gasteiger charge is 2.13. The number of aromatic amines is 1. The molecule has 0 amide bonds. The Morgan fingerprint density at radius 3 is 2.76 bits per heavy atom. The van der Waals surface area contributed by atoms with E-state index < -0.39 is 23.8 Å². The molecule has 3 aromatic rings. The summed E-state index contributed by atoms with van der Waals surface area (Å²) in [6.45, 7) is 1.61. The zero-order valence-electron chi connectivity index (χ0n) is 15.2. The van der Waals surface area contributed by atoms with Gasteiger partial charge in [0, 0.05) is 0 Å². The molecule has 1 heterocycles. The molecule has 0 bridgehead atoms. The normalized spacial score (nSPS) is 11.1. The van der Waals surface area contributed by atoms with E-state index in [-0.39, 0.29) is 0 Å². The van der Waals surface area contributed by atoms with Crippen LogP contribution in [0.2, 0.25) is 0 Å². The van der Waals surface area contributed by atoms with Gasteiger partial charge >= 0.3 is 11.7 Å². The van der Waals surface area contributed by atoms with Crippen molar-refractivity contribution in [2.24, 2.45) is 5.10 Å². The number of benzene rings is 2. The summed E-state index contributed by atoms with van der Waals surface area (Å²) in [6.07, 6.45) is 1.34. The molecule has 0 saturated heterocycles. The summed E-state index contributed by atoms with van der Waals surface area (Å²) < 4.78 is 12.2. The number of aliphatic carboxylic acids is 1. The molecular weight excluding hydrogens is 493 g/mol. The fourth-order valence-corrected chi connectivity index (χ4v) is 3.36. The summed E-state index contributed by atoms with van der Waals surface area (Å²) in [6, 6.07) is 9.92. The molecule has 0 aliphatic heterocycles. The van der Waals surface area contributed by atoms with Crippen molar-refractivity contribution in [1.29, 1.82) is 0 Å². The van der Waals surface area contributed by atoms with Crippen LogP contribution in [-0.2, 0) is 4.79 Å². The maximum atomic E-state index is 12.5. The number of carboxylic acids is 1. The minimum atomic E-state index is -1.11. The summed E-state index contributed by atoms with van der Waals surface area (Å²) in [5.41, 5.74) is -0.227. The number of para-hydroxylation sites is 1. The molecule has 0 aliphatic rings. The van der Waals surface area contributed by atoms with E-state index in [4.69, 9.17) is 14.6 Å². The average molecular weight is 509 g/mol. The van der Waals surface area contributed by atoms with Crippen LogP contribution < -0.4 is 20.7 Å². The van der Waals surface area contributed by atoms with Crippen LogP contribution in [0.15, 0.2) is 51.1 Å². The van der Waals surface area contributed by atoms with Crippen LogP contribution in [0.25, 0.3) is 10.9 Å². The van der Waals surface area contributed by atoms with Gasteiger partial charge in [0.25, 0.3) is 5.56 Å². The Kier molecular flexibility index (Phi) is 6.32. The number of H-pyrrole nitrogens is 1. The number of carboxylic acid groups (broad SMARTS) is 1. The van der Waals surface area contributed by atoms with Gasteiger partial charge in [0.15, 0.2) is 18.1 Å². The molecule has 0 fully saturated rings. The number of nitrogens with one attached hydrogen (secondary N) is 1. The number of rotatable bonds is 7. The summed E-state index contributed by atoms with van der Waals surface area (Å²) in [4.78, 5) is 38.1. The average Bonchev–Trinajstić information content (AvgIpc) is 2.67. The molecule has 2 N–H and O–H groups in total. The molecule has 10 heteroatoms. The van der Waals surface area contributed by atoms with E-state index in [9.17, 15) is 14.4 Å². The van der Waals surface area contributed by atoms with Gasteiger partial charge in [0.05, 0.1) is 27.3 Å². The van der Waals surface area contributed by atoms with Gasteiger partial charge in [0.2, 0.25) is 0 Å². The Labute approximate surface area is 177 Å². The third-order valence-corrected chi connectivity index (χ3v) is 4.58. The van der Waals surface area contributed by atoms with E-state index in [1.165, 1.54) is 6.21 Å². The van der Waals surface area contributed by atoms with Crippen LogP contribution in [-0.4, -0.2) is 40.2 Å². The van der Waals surface area contributed by atoms with Crippen molar-refractivity contribution in [3.63, 3.8) is 0 Å². The van der Waals surface area contributed by atoms with Gasteiger partial charge in [-0.2, -0.15) is 5.10 Å². The third kappa shape index (κ3) is 4.65. The first kappa shape index (κ1) is 20.6. The molecule has 0 atom stereocenters. The number of halogens is 1. The molecule has 0 aliphatic carbocycles. The van der Waals surface area contributed by atoms with Crippen molar-refractivity contribution in [1.82, 2.24) is 9.66 Å². The lowest BCUT2D eigenvalue weighted by molar-refractivity contribution is -0.139. The van der Waals surface area contributed by atoms with Gasteiger partial charge in [-0.15, -0.1) is 4.68 Å². The monoisotopic (exact) mass is 509 g/mol. The minimum absolute atomic E-state index is 0.299. The number of hydrogen-bond donors (Lipinski definition) is 2. The SMILES string of the molecule is CCOc1cc(C=Nn2c(=O)[nH]c3ccccc3c2=O)cc(I)c1OCC(=O)O. The quantitative estimate of drug-likeness (QED) is 0.371. The molecule has 1 aromatic heterocycles. The highest BCUT2D eigenvalue weighted by molar-refractivity contribution is 14.1. The molecular formula is C19H16IN3O6. The summed E-state index contributed by atoms with van der Waals surface area (Å²) in [5.74, 6) is -0.474.